The molecule has 2 aliphatic heterocycles. The van der Waals surface area contributed by atoms with Crippen molar-refractivity contribution in [2.24, 2.45) is 0 Å². The first-order chi connectivity index (χ1) is 15.8. The standard InChI is InChI=1S/C24H26N6O2/c31-24(29-7-4-18(5-8-29)28-10-12-32-13-11-28)21-16-27-30-9-3-17(14-22(21)30)20-15-26-23-19(20)2-1-6-25-23/h1-3,6,9,14-16,18H,4-5,7-8,10-13H2,(H,25,26). The number of aromatic amines is 1. The number of likely N-dealkylation sites (tertiary alicyclic amines) is 1. The minimum absolute atomic E-state index is 0.0678. The third-order valence-corrected chi connectivity index (χ3v) is 6.83. The number of hydrogen-bond donors (Lipinski definition) is 1. The van der Waals surface area contributed by atoms with Gasteiger partial charge in [0.1, 0.15) is 5.65 Å². The van der Waals surface area contributed by atoms with E-state index in [1.54, 1.807) is 16.9 Å². The second-order valence-electron chi connectivity index (χ2n) is 8.58. The largest absolute Gasteiger partial charge is 0.379 e. The molecule has 6 rings (SSSR count). The zero-order valence-electron chi connectivity index (χ0n) is 17.9. The average Bonchev–Trinajstić information content (AvgIpc) is 3.48. The smallest absolute Gasteiger partial charge is 0.257 e. The van der Waals surface area contributed by atoms with Crippen molar-refractivity contribution in [3.05, 3.63) is 54.6 Å². The number of ether oxygens (including phenoxy) is 1. The van der Waals surface area contributed by atoms with Gasteiger partial charge in [-0.05, 0) is 42.7 Å². The first-order valence-corrected chi connectivity index (χ1v) is 11.3. The lowest BCUT2D eigenvalue weighted by Gasteiger charge is -2.40. The average molecular weight is 431 g/mol. The summed E-state index contributed by atoms with van der Waals surface area (Å²) in [7, 11) is 0. The summed E-state index contributed by atoms with van der Waals surface area (Å²) >= 11 is 0. The van der Waals surface area contributed by atoms with E-state index in [1.807, 2.05) is 29.4 Å². The molecule has 1 N–H and O–H groups in total. The molecule has 0 unspecified atom stereocenters. The first-order valence-electron chi connectivity index (χ1n) is 11.3. The molecule has 4 aromatic rings. The number of piperidine rings is 1. The minimum Gasteiger partial charge on any atom is -0.379 e. The van der Waals surface area contributed by atoms with Gasteiger partial charge in [0.05, 0.1) is 30.5 Å². The molecule has 0 radical (unpaired) electrons. The van der Waals surface area contributed by atoms with E-state index in [4.69, 9.17) is 4.74 Å². The second kappa shape index (κ2) is 8.03. The highest BCUT2D eigenvalue weighted by atomic mass is 16.5. The number of nitrogens with one attached hydrogen (secondary N) is 1. The maximum absolute atomic E-state index is 13.4. The summed E-state index contributed by atoms with van der Waals surface area (Å²) in [6.45, 7) is 5.20. The van der Waals surface area contributed by atoms with Crippen molar-refractivity contribution in [2.75, 3.05) is 39.4 Å². The fourth-order valence-electron chi connectivity index (χ4n) is 5.05. The topological polar surface area (TPSA) is 78.8 Å². The number of hydrogen-bond acceptors (Lipinski definition) is 5. The molecule has 0 aromatic carbocycles. The van der Waals surface area contributed by atoms with Gasteiger partial charge in [0, 0.05) is 61.8 Å². The highest BCUT2D eigenvalue weighted by Crippen LogP contribution is 2.29. The van der Waals surface area contributed by atoms with Crippen LogP contribution >= 0.6 is 0 Å². The van der Waals surface area contributed by atoms with E-state index < -0.39 is 0 Å². The molecule has 0 bridgehead atoms. The molecule has 8 heteroatoms. The lowest BCUT2D eigenvalue weighted by Crippen LogP contribution is -2.50. The normalized spacial score (nSPS) is 18.6. The molecule has 32 heavy (non-hydrogen) atoms. The van der Waals surface area contributed by atoms with Crippen molar-refractivity contribution in [3.8, 4) is 11.1 Å². The fraction of sp³-hybridized carbons (Fsp3) is 0.375. The van der Waals surface area contributed by atoms with Crippen LogP contribution in [0.15, 0.2) is 49.1 Å². The maximum Gasteiger partial charge on any atom is 0.257 e. The monoisotopic (exact) mass is 430 g/mol. The summed E-state index contributed by atoms with van der Waals surface area (Å²) in [5.74, 6) is 0.0678. The summed E-state index contributed by atoms with van der Waals surface area (Å²) < 4.78 is 7.26. The molecule has 2 fully saturated rings. The minimum atomic E-state index is 0.0678. The van der Waals surface area contributed by atoms with Crippen LogP contribution in [0.2, 0.25) is 0 Å². The van der Waals surface area contributed by atoms with Crippen LogP contribution < -0.4 is 0 Å². The van der Waals surface area contributed by atoms with Crippen LogP contribution in [0.5, 0.6) is 0 Å². The van der Waals surface area contributed by atoms with Crippen LogP contribution in [-0.2, 0) is 4.74 Å². The highest BCUT2D eigenvalue weighted by molar-refractivity contribution is 6.02. The van der Waals surface area contributed by atoms with Gasteiger partial charge in [0.2, 0.25) is 0 Å². The van der Waals surface area contributed by atoms with E-state index >= 15 is 0 Å². The molecule has 2 saturated heterocycles. The number of H-pyrrole nitrogens is 1. The van der Waals surface area contributed by atoms with E-state index in [0.29, 0.717) is 11.6 Å². The molecule has 164 valence electrons. The van der Waals surface area contributed by atoms with Gasteiger partial charge >= 0.3 is 0 Å². The quantitative estimate of drug-likeness (QED) is 0.541. The van der Waals surface area contributed by atoms with Gasteiger partial charge in [0.25, 0.3) is 5.91 Å². The summed E-state index contributed by atoms with van der Waals surface area (Å²) in [6, 6.07) is 8.62. The fourth-order valence-corrected chi connectivity index (χ4v) is 5.05. The Hall–Kier alpha value is -3.23. The van der Waals surface area contributed by atoms with Gasteiger partial charge in [-0.15, -0.1) is 0 Å². The van der Waals surface area contributed by atoms with Gasteiger partial charge < -0.3 is 14.6 Å². The Bertz CT molecular complexity index is 1260. The molecule has 0 saturated carbocycles. The summed E-state index contributed by atoms with van der Waals surface area (Å²) in [5, 5.41) is 5.50. The first kappa shape index (κ1) is 19.5. The number of nitrogens with zero attached hydrogens (tertiary/aromatic N) is 5. The van der Waals surface area contributed by atoms with E-state index in [1.165, 1.54) is 0 Å². The molecule has 4 aromatic heterocycles. The Labute approximate surface area is 185 Å². The highest BCUT2D eigenvalue weighted by Gasteiger charge is 2.29. The van der Waals surface area contributed by atoms with E-state index in [2.05, 4.69) is 32.1 Å². The third kappa shape index (κ3) is 3.36. The summed E-state index contributed by atoms with van der Waals surface area (Å²) in [6.07, 6.45) is 9.39. The SMILES string of the molecule is O=C(c1cnn2ccc(-c3c[nH]c4ncccc34)cc12)N1CCC(N2CCOCC2)CC1. The van der Waals surface area contributed by atoms with Gasteiger partial charge in [-0.1, -0.05) is 0 Å². The molecule has 1 amide bonds. The number of morpholine rings is 1. The van der Waals surface area contributed by atoms with Gasteiger partial charge in [-0.3, -0.25) is 9.69 Å². The second-order valence-corrected chi connectivity index (χ2v) is 8.58. The number of aromatic nitrogens is 4. The number of rotatable bonds is 3. The molecule has 6 heterocycles. The predicted molar refractivity (Wildman–Crippen MR) is 122 cm³/mol. The Balaban J connectivity index is 1.25. The van der Waals surface area contributed by atoms with Crippen molar-refractivity contribution in [1.29, 1.82) is 0 Å². The van der Waals surface area contributed by atoms with Gasteiger partial charge in [-0.2, -0.15) is 5.10 Å². The number of pyridine rings is 2. The predicted octanol–water partition coefficient (Wildman–Crippen LogP) is 2.81. The van der Waals surface area contributed by atoms with E-state index in [0.717, 1.165) is 79.9 Å². The molecular weight excluding hydrogens is 404 g/mol. The van der Waals surface area contributed by atoms with Crippen molar-refractivity contribution in [2.45, 2.75) is 18.9 Å². The lowest BCUT2D eigenvalue weighted by atomic mass is 10.0. The third-order valence-electron chi connectivity index (χ3n) is 6.83. The Kier molecular flexibility index (Phi) is 4.88. The Morgan fingerprint density at radius 1 is 1.12 bits per heavy atom. The van der Waals surface area contributed by atoms with Crippen LogP contribution in [0.1, 0.15) is 23.2 Å². The van der Waals surface area contributed by atoms with Gasteiger partial charge in [0.15, 0.2) is 0 Å². The van der Waals surface area contributed by atoms with Crippen LogP contribution in [0.4, 0.5) is 0 Å². The van der Waals surface area contributed by atoms with Crippen molar-refractivity contribution < 1.29 is 9.53 Å². The zero-order valence-corrected chi connectivity index (χ0v) is 17.9. The van der Waals surface area contributed by atoms with E-state index in [9.17, 15) is 4.79 Å². The lowest BCUT2D eigenvalue weighted by molar-refractivity contribution is 0.00161. The molecular formula is C24H26N6O2. The van der Waals surface area contributed by atoms with E-state index in [-0.39, 0.29) is 5.91 Å². The van der Waals surface area contributed by atoms with Crippen LogP contribution in [0.25, 0.3) is 27.7 Å². The summed E-state index contributed by atoms with van der Waals surface area (Å²) in [5.41, 5.74) is 4.46. The Morgan fingerprint density at radius 2 is 1.97 bits per heavy atom. The van der Waals surface area contributed by atoms with Crippen LogP contribution in [0.3, 0.4) is 0 Å². The number of carbonyl (C=O) groups excluding carboxylic acids is 1. The van der Waals surface area contributed by atoms with Crippen molar-refractivity contribution >= 4 is 22.5 Å². The molecule has 0 atom stereocenters. The molecule has 8 nitrogen and oxygen atoms in total. The number of fused-ring (bicyclic) bond motifs is 2. The van der Waals surface area contributed by atoms with Crippen LogP contribution in [0, 0.1) is 0 Å². The number of amides is 1. The van der Waals surface area contributed by atoms with Crippen molar-refractivity contribution in [3.63, 3.8) is 0 Å². The van der Waals surface area contributed by atoms with Gasteiger partial charge in [-0.25, -0.2) is 9.50 Å². The zero-order chi connectivity index (χ0) is 21.5. The maximum atomic E-state index is 13.4. The summed E-state index contributed by atoms with van der Waals surface area (Å²) in [4.78, 5) is 25.5. The number of carbonyl (C=O) groups is 1. The Morgan fingerprint density at radius 3 is 2.81 bits per heavy atom. The molecule has 0 spiro atoms. The molecule has 0 aliphatic carbocycles. The van der Waals surface area contributed by atoms with Crippen LogP contribution in [-0.4, -0.2) is 80.7 Å². The van der Waals surface area contributed by atoms with Crippen molar-refractivity contribution in [1.82, 2.24) is 29.4 Å². The molecule has 2 aliphatic rings.